The third kappa shape index (κ3) is 4.31. The number of aliphatic hydroxyl groups is 7. The molecule has 26 heavy (non-hydrogen) atoms. The fourth-order valence-corrected chi connectivity index (χ4v) is 2.97. The van der Waals surface area contributed by atoms with Gasteiger partial charge < -0.3 is 55.3 Å². The molecule has 0 aliphatic carbocycles. The van der Waals surface area contributed by atoms with Crippen LogP contribution in [0.25, 0.3) is 0 Å². The van der Waals surface area contributed by atoms with Crippen molar-refractivity contribution in [1.82, 2.24) is 5.32 Å². The first-order valence-corrected chi connectivity index (χ1v) is 8.06. The van der Waals surface area contributed by atoms with Gasteiger partial charge in [-0.3, -0.25) is 4.79 Å². The Kier molecular flexibility index (Phi) is 7.27. The highest BCUT2D eigenvalue weighted by Crippen LogP contribution is 2.28. The van der Waals surface area contributed by atoms with Crippen LogP contribution in [-0.2, 0) is 19.0 Å². The molecule has 10 atom stereocenters. The van der Waals surface area contributed by atoms with E-state index in [9.17, 15) is 40.5 Å². The van der Waals surface area contributed by atoms with Crippen LogP contribution in [0.4, 0.5) is 0 Å². The van der Waals surface area contributed by atoms with Gasteiger partial charge in [-0.25, -0.2) is 0 Å². The molecule has 2 rings (SSSR count). The van der Waals surface area contributed by atoms with Crippen LogP contribution in [0, 0.1) is 0 Å². The van der Waals surface area contributed by atoms with Gasteiger partial charge in [0.05, 0.1) is 13.2 Å². The Balaban J connectivity index is 2.21. The SMILES string of the molecule is CC(=O)N[C@H]1C(O)O[C@H](CO)[C@H](O)[C@H]1O[C@@H]1O[C@H](CO)[C@H](O)[C@H](O)[C@H]1O. The monoisotopic (exact) mass is 383 g/mol. The Morgan fingerprint density at radius 1 is 0.923 bits per heavy atom. The van der Waals surface area contributed by atoms with Crippen molar-refractivity contribution >= 4 is 5.91 Å². The zero-order valence-corrected chi connectivity index (χ0v) is 14.0. The summed E-state index contributed by atoms with van der Waals surface area (Å²) in [6.45, 7) is -0.195. The van der Waals surface area contributed by atoms with Gasteiger partial charge in [-0.2, -0.15) is 0 Å². The molecule has 0 bridgehead atoms. The summed E-state index contributed by atoms with van der Waals surface area (Å²) in [7, 11) is 0. The number of carbonyl (C=O) groups excluding carboxylic acids is 1. The molecule has 0 aromatic carbocycles. The van der Waals surface area contributed by atoms with E-state index in [1.54, 1.807) is 0 Å². The lowest BCUT2D eigenvalue weighted by atomic mass is 9.95. The molecule has 8 N–H and O–H groups in total. The second kappa shape index (κ2) is 8.84. The van der Waals surface area contributed by atoms with Crippen LogP contribution in [0.1, 0.15) is 6.92 Å². The third-order valence-electron chi connectivity index (χ3n) is 4.38. The van der Waals surface area contributed by atoms with Crippen LogP contribution < -0.4 is 5.32 Å². The second-order valence-electron chi connectivity index (χ2n) is 6.26. The first-order valence-electron chi connectivity index (χ1n) is 8.06. The molecule has 1 unspecified atom stereocenters. The van der Waals surface area contributed by atoms with Crippen molar-refractivity contribution in [2.24, 2.45) is 0 Å². The Hall–Kier alpha value is -0.930. The predicted molar refractivity (Wildman–Crippen MR) is 80.2 cm³/mol. The number of hydrogen-bond donors (Lipinski definition) is 8. The molecule has 0 aromatic heterocycles. The van der Waals surface area contributed by atoms with E-state index in [-0.39, 0.29) is 0 Å². The maximum atomic E-state index is 11.4. The molecule has 12 heteroatoms. The van der Waals surface area contributed by atoms with E-state index in [2.05, 4.69) is 5.32 Å². The van der Waals surface area contributed by atoms with Crippen LogP contribution in [0.5, 0.6) is 0 Å². The molecule has 2 aliphatic heterocycles. The minimum absolute atomic E-state index is 0.574. The molecule has 0 radical (unpaired) electrons. The Labute approximate surface area is 148 Å². The fourth-order valence-electron chi connectivity index (χ4n) is 2.97. The molecule has 2 saturated heterocycles. The molecule has 152 valence electrons. The molecule has 0 aromatic rings. The number of hydrogen-bond acceptors (Lipinski definition) is 11. The van der Waals surface area contributed by atoms with Gasteiger partial charge in [0.2, 0.25) is 5.91 Å². The lowest BCUT2D eigenvalue weighted by Crippen LogP contribution is -2.67. The number of ether oxygens (including phenoxy) is 3. The normalized spacial score (nSPS) is 46.8. The predicted octanol–water partition coefficient (Wildman–Crippen LogP) is -5.25. The van der Waals surface area contributed by atoms with Crippen LogP contribution in [0.15, 0.2) is 0 Å². The second-order valence-corrected chi connectivity index (χ2v) is 6.26. The van der Waals surface area contributed by atoms with Gasteiger partial charge in [-0.1, -0.05) is 0 Å². The van der Waals surface area contributed by atoms with E-state index in [1.165, 1.54) is 0 Å². The number of carbonyl (C=O) groups is 1. The average Bonchev–Trinajstić information content (AvgIpc) is 2.60. The highest BCUT2D eigenvalue weighted by molar-refractivity contribution is 5.73. The van der Waals surface area contributed by atoms with Gasteiger partial charge in [-0.15, -0.1) is 0 Å². The zero-order valence-electron chi connectivity index (χ0n) is 14.0. The summed E-state index contributed by atoms with van der Waals surface area (Å²) in [6, 6.07) is -1.28. The summed E-state index contributed by atoms with van der Waals surface area (Å²) in [6.07, 6.45) is -13.7. The van der Waals surface area contributed by atoms with E-state index in [0.29, 0.717) is 0 Å². The maximum Gasteiger partial charge on any atom is 0.217 e. The number of rotatable bonds is 5. The van der Waals surface area contributed by atoms with Crippen molar-refractivity contribution in [3.05, 3.63) is 0 Å². The van der Waals surface area contributed by atoms with Crippen molar-refractivity contribution in [3.63, 3.8) is 0 Å². The first kappa shape index (κ1) is 21.4. The molecular weight excluding hydrogens is 358 g/mol. The van der Waals surface area contributed by atoms with Crippen LogP contribution in [0.2, 0.25) is 0 Å². The lowest BCUT2D eigenvalue weighted by Gasteiger charge is -2.46. The zero-order chi connectivity index (χ0) is 19.6. The van der Waals surface area contributed by atoms with Crippen molar-refractivity contribution in [2.75, 3.05) is 13.2 Å². The van der Waals surface area contributed by atoms with E-state index in [0.717, 1.165) is 6.92 Å². The number of nitrogens with one attached hydrogen (secondary N) is 1. The lowest BCUT2D eigenvalue weighted by molar-refractivity contribution is -0.341. The summed E-state index contributed by atoms with van der Waals surface area (Å²) in [5.41, 5.74) is 0. The summed E-state index contributed by atoms with van der Waals surface area (Å²) in [5.74, 6) is -0.574. The standard InChI is InChI=1S/C14H25NO11/c1-4(18)15-7-12(9(20)6(3-17)24-13(7)23)26-14-11(22)10(21)8(19)5(2-16)25-14/h5-14,16-17,19-23H,2-3H2,1H3,(H,15,18)/t5-,6-,7-,8+,9+,10+,11-,12+,13?,14+/m1/s1. The summed E-state index contributed by atoms with van der Waals surface area (Å²) in [5, 5.41) is 70.7. The van der Waals surface area contributed by atoms with Gasteiger partial charge in [0.1, 0.15) is 48.8 Å². The molecule has 2 fully saturated rings. The van der Waals surface area contributed by atoms with Crippen molar-refractivity contribution in [2.45, 2.75) is 68.3 Å². The van der Waals surface area contributed by atoms with Crippen molar-refractivity contribution in [3.8, 4) is 0 Å². The van der Waals surface area contributed by atoms with Gasteiger partial charge in [-0.05, 0) is 0 Å². The molecule has 0 saturated carbocycles. The maximum absolute atomic E-state index is 11.4. The number of amides is 1. The van der Waals surface area contributed by atoms with Crippen LogP contribution in [0.3, 0.4) is 0 Å². The molecule has 2 aliphatic rings. The summed E-state index contributed by atoms with van der Waals surface area (Å²) in [4.78, 5) is 11.4. The van der Waals surface area contributed by atoms with E-state index in [4.69, 9.17) is 14.2 Å². The van der Waals surface area contributed by atoms with E-state index >= 15 is 0 Å². The Morgan fingerprint density at radius 2 is 1.50 bits per heavy atom. The topological polar surface area (TPSA) is 198 Å². The van der Waals surface area contributed by atoms with Gasteiger partial charge in [0, 0.05) is 6.92 Å². The Morgan fingerprint density at radius 3 is 2.04 bits per heavy atom. The molecule has 1 amide bonds. The molecule has 12 nitrogen and oxygen atoms in total. The van der Waals surface area contributed by atoms with E-state index < -0.39 is 80.5 Å². The Bertz CT molecular complexity index is 478. The van der Waals surface area contributed by atoms with Crippen molar-refractivity contribution < 1.29 is 54.8 Å². The smallest absolute Gasteiger partial charge is 0.217 e. The van der Waals surface area contributed by atoms with Crippen LogP contribution in [-0.4, -0.2) is 116 Å². The van der Waals surface area contributed by atoms with Gasteiger partial charge in [0.15, 0.2) is 12.6 Å². The number of aliphatic hydroxyl groups excluding tert-OH is 7. The molecule has 2 heterocycles. The highest BCUT2D eigenvalue weighted by Gasteiger charge is 2.50. The fraction of sp³-hybridized carbons (Fsp3) is 0.929. The third-order valence-corrected chi connectivity index (χ3v) is 4.38. The minimum atomic E-state index is -1.74. The summed E-state index contributed by atoms with van der Waals surface area (Å²) < 4.78 is 15.7. The van der Waals surface area contributed by atoms with E-state index in [1.807, 2.05) is 0 Å². The molecule has 0 spiro atoms. The minimum Gasteiger partial charge on any atom is -0.394 e. The summed E-state index contributed by atoms with van der Waals surface area (Å²) >= 11 is 0. The average molecular weight is 383 g/mol. The first-order chi connectivity index (χ1) is 12.2. The van der Waals surface area contributed by atoms with Gasteiger partial charge in [0.25, 0.3) is 0 Å². The van der Waals surface area contributed by atoms with Crippen molar-refractivity contribution in [1.29, 1.82) is 0 Å². The van der Waals surface area contributed by atoms with Gasteiger partial charge >= 0.3 is 0 Å². The molecular formula is C14H25NO11. The van der Waals surface area contributed by atoms with Crippen LogP contribution >= 0.6 is 0 Å². The quantitative estimate of drug-likeness (QED) is 0.226. The highest BCUT2D eigenvalue weighted by atomic mass is 16.7. The largest absolute Gasteiger partial charge is 0.394 e.